The maximum atomic E-state index is 14.0. The highest BCUT2D eigenvalue weighted by Gasteiger charge is 2.17. The Morgan fingerprint density at radius 1 is 1.09 bits per heavy atom. The maximum Gasteiger partial charge on any atom is 0.220 e. The molecule has 1 amide bonds. The number of thioether (sulfide) groups is 1. The number of amides is 1. The predicted octanol–water partition coefficient (Wildman–Crippen LogP) is 5.49. The number of hydrogen-bond donors (Lipinski definition) is 1. The van der Waals surface area contributed by atoms with E-state index in [1.807, 2.05) is 18.2 Å². The monoisotopic (exact) mass is 477 g/mol. The first-order valence-corrected chi connectivity index (χ1v) is 12.9. The van der Waals surface area contributed by atoms with Crippen molar-refractivity contribution in [1.82, 2.24) is 25.1 Å². The summed E-state index contributed by atoms with van der Waals surface area (Å²) in [5.74, 6) is 0.559. The Kier molecular flexibility index (Phi) is 7.04. The minimum absolute atomic E-state index is 0.131. The van der Waals surface area contributed by atoms with Crippen LogP contribution < -0.4 is 5.32 Å². The second kappa shape index (κ2) is 10.5. The third-order valence-electron chi connectivity index (χ3n) is 6.34. The first-order chi connectivity index (χ1) is 16.7. The van der Waals surface area contributed by atoms with Crippen LogP contribution in [0.3, 0.4) is 0 Å². The van der Waals surface area contributed by atoms with Crippen LogP contribution in [-0.4, -0.2) is 37.5 Å². The van der Waals surface area contributed by atoms with E-state index in [2.05, 4.69) is 32.2 Å². The quantitative estimate of drug-likeness (QED) is 0.268. The van der Waals surface area contributed by atoms with Gasteiger partial charge in [0.15, 0.2) is 5.65 Å². The largest absolute Gasteiger partial charge is 0.353 e. The fraction of sp³-hybridized carbons (Fsp3) is 0.385. The minimum Gasteiger partial charge on any atom is -0.353 e. The number of nitrogens with zero attached hydrogens (tertiary/aromatic N) is 4. The first-order valence-electron chi connectivity index (χ1n) is 12.0. The number of halogens is 1. The summed E-state index contributed by atoms with van der Waals surface area (Å²) < 4.78 is 16.0. The highest BCUT2D eigenvalue weighted by Crippen LogP contribution is 2.29. The summed E-state index contributed by atoms with van der Waals surface area (Å²) in [6, 6.07) is 15.2. The van der Waals surface area contributed by atoms with E-state index in [1.165, 1.54) is 43.2 Å². The van der Waals surface area contributed by atoms with Gasteiger partial charge < -0.3 is 9.88 Å². The molecule has 1 aliphatic rings. The summed E-state index contributed by atoms with van der Waals surface area (Å²) >= 11 is 1.50. The van der Waals surface area contributed by atoms with Crippen molar-refractivity contribution < 1.29 is 9.18 Å². The molecule has 34 heavy (non-hydrogen) atoms. The van der Waals surface area contributed by atoms with E-state index >= 15 is 0 Å². The second-order valence-corrected chi connectivity index (χ2v) is 9.92. The summed E-state index contributed by atoms with van der Waals surface area (Å²) in [4.78, 5) is 17.0. The molecule has 1 N–H and O–H groups in total. The topological polar surface area (TPSA) is 72.7 Å². The lowest BCUT2D eigenvalue weighted by molar-refractivity contribution is -0.122. The standard InChI is InChI=1S/C26H28FN5OS/c27-19-13-14-22-21(16-19)24-25(32(22)17-18-8-3-1-4-9-18)29-26(31-30-24)34-15-7-12-23(33)28-20-10-5-2-6-11-20/h1,3-4,8-9,13-14,16,20H,2,5-7,10-12,15,17H2,(H,28,33). The molecule has 1 saturated carbocycles. The van der Waals surface area contributed by atoms with E-state index in [4.69, 9.17) is 4.98 Å². The molecular formula is C26H28FN5OS. The molecule has 2 aromatic carbocycles. The van der Waals surface area contributed by atoms with Crippen LogP contribution in [0.2, 0.25) is 0 Å². The molecule has 8 heteroatoms. The molecule has 2 aromatic heterocycles. The Hall–Kier alpha value is -3.00. The number of aromatic nitrogens is 4. The lowest BCUT2D eigenvalue weighted by atomic mass is 9.95. The third kappa shape index (κ3) is 5.22. The number of rotatable bonds is 8. The van der Waals surface area contributed by atoms with Gasteiger partial charge in [0, 0.05) is 30.1 Å². The van der Waals surface area contributed by atoms with Crippen LogP contribution >= 0.6 is 11.8 Å². The normalized spacial score (nSPS) is 14.6. The molecule has 5 rings (SSSR count). The molecule has 176 valence electrons. The molecule has 0 radical (unpaired) electrons. The number of benzene rings is 2. The second-order valence-electron chi connectivity index (χ2n) is 8.85. The Morgan fingerprint density at radius 2 is 1.91 bits per heavy atom. The smallest absolute Gasteiger partial charge is 0.220 e. The number of fused-ring (bicyclic) bond motifs is 3. The average molecular weight is 478 g/mol. The van der Waals surface area contributed by atoms with E-state index in [-0.39, 0.29) is 11.7 Å². The maximum absolute atomic E-state index is 14.0. The molecule has 4 aromatic rings. The van der Waals surface area contributed by atoms with Crippen molar-refractivity contribution in [2.24, 2.45) is 0 Å². The predicted molar refractivity (Wildman–Crippen MR) is 133 cm³/mol. The Labute approximate surface area is 202 Å². The number of carbonyl (C=O) groups is 1. The van der Waals surface area contributed by atoms with E-state index in [1.54, 1.807) is 6.07 Å². The van der Waals surface area contributed by atoms with Crippen molar-refractivity contribution in [3.8, 4) is 0 Å². The molecule has 0 bridgehead atoms. The van der Waals surface area contributed by atoms with Crippen LogP contribution in [0.1, 0.15) is 50.5 Å². The number of carbonyl (C=O) groups excluding carboxylic acids is 1. The van der Waals surface area contributed by atoms with Crippen molar-refractivity contribution in [2.45, 2.75) is 62.7 Å². The summed E-state index contributed by atoms with van der Waals surface area (Å²) in [7, 11) is 0. The highest BCUT2D eigenvalue weighted by atomic mass is 32.2. The van der Waals surface area contributed by atoms with Gasteiger partial charge in [0.05, 0.1) is 5.52 Å². The Balaban J connectivity index is 1.29. The number of nitrogens with one attached hydrogen (secondary N) is 1. The molecular weight excluding hydrogens is 449 g/mol. The Bertz CT molecular complexity index is 1290. The lowest BCUT2D eigenvalue weighted by Gasteiger charge is -2.22. The van der Waals surface area contributed by atoms with E-state index in [0.717, 1.165) is 36.1 Å². The third-order valence-corrected chi connectivity index (χ3v) is 7.27. The average Bonchev–Trinajstić information content (AvgIpc) is 3.15. The fourth-order valence-electron chi connectivity index (χ4n) is 4.64. The van der Waals surface area contributed by atoms with Gasteiger partial charge in [-0.15, -0.1) is 10.2 Å². The Morgan fingerprint density at radius 3 is 2.74 bits per heavy atom. The molecule has 0 spiro atoms. The highest BCUT2D eigenvalue weighted by molar-refractivity contribution is 7.99. The van der Waals surface area contributed by atoms with Crippen molar-refractivity contribution >= 4 is 39.7 Å². The summed E-state index contributed by atoms with van der Waals surface area (Å²) in [6.07, 6.45) is 7.15. The van der Waals surface area contributed by atoms with Crippen molar-refractivity contribution in [3.63, 3.8) is 0 Å². The van der Waals surface area contributed by atoms with Crippen LogP contribution in [0.4, 0.5) is 4.39 Å². The SMILES string of the molecule is O=C(CCCSc1nnc2c3cc(F)ccc3n(Cc3ccccc3)c2n1)NC1CCCCC1. The molecule has 1 aliphatic carbocycles. The van der Waals surface area contributed by atoms with Crippen LogP contribution in [-0.2, 0) is 11.3 Å². The molecule has 1 fully saturated rings. The van der Waals surface area contributed by atoms with Gasteiger partial charge in [-0.3, -0.25) is 4.79 Å². The molecule has 0 aliphatic heterocycles. The fourth-order valence-corrected chi connectivity index (χ4v) is 5.36. The molecule has 2 heterocycles. The minimum atomic E-state index is -0.307. The van der Waals surface area contributed by atoms with Crippen LogP contribution in [0.15, 0.2) is 53.7 Å². The van der Waals surface area contributed by atoms with Gasteiger partial charge in [0.1, 0.15) is 11.3 Å². The van der Waals surface area contributed by atoms with Gasteiger partial charge in [0.25, 0.3) is 0 Å². The van der Waals surface area contributed by atoms with Gasteiger partial charge in [-0.25, -0.2) is 9.37 Å². The van der Waals surface area contributed by atoms with E-state index in [9.17, 15) is 9.18 Å². The molecule has 0 unspecified atom stereocenters. The lowest BCUT2D eigenvalue weighted by Crippen LogP contribution is -2.36. The molecule has 6 nitrogen and oxygen atoms in total. The van der Waals surface area contributed by atoms with E-state index in [0.29, 0.717) is 40.7 Å². The van der Waals surface area contributed by atoms with Crippen molar-refractivity contribution in [1.29, 1.82) is 0 Å². The molecule has 0 atom stereocenters. The van der Waals surface area contributed by atoms with Crippen molar-refractivity contribution in [3.05, 3.63) is 59.9 Å². The van der Waals surface area contributed by atoms with Gasteiger partial charge in [0.2, 0.25) is 11.1 Å². The first kappa shape index (κ1) is 22.8. The van der Waals surface area contributed by atoms with E-state index < -0.39 is 0 Å². The van der Waals surface area contributed by atoms with Crippen LogP contribution in [0.5, 0.6) is 0 Å². The zero-order valence-corrected chi connectivity index (χ0v) is 19.9. The zero-order valence-electron chi connectivity index (χ0n) is 19.0. The van der Waals surface area contributed by atoms with Gasteiger partial charge in [-0.05, 0) is 43.0 Å². The van der Waals surface area contributed by atoms with Gasteiger partial charge in [-0.1, -0.05) is 61.4 Å². The molecule has 0 saturated heterocycles. The summed E-state index contributed by atoms with van der Waals surface area (Å²) in [5.41, 5.74) is 3.30. The van der Waals surface area contributed by atoms with Gasteiger partial charge >= 0.3 is 0 Å². The van der Waals surface area contributed by atoms with Gasteiger partial charge in [-0.2, -0.15) is 0 Å². The van der Waals surface area contributed by atoms with Crippen LogP contribution in [0, 0.1) is 5.82 Å². The summed E-state index contributed by atoms with van der Waals surface area (Å²) in [5, 5.41) is 13.1. The summed E-state index contributed by atoms with van der Waals surface area (Å²) in [6.45, 7) is 0.608. The number of hydrogen-bond acceptors (Lipinski definition) is 5. The zero-order chi connectivity index (χ0) is 23.3. The van der Waals surface area contributed by atoms with Crippen molar-refractivity contribution in [2.75, 3.05) is 5.75 Å². The van der Waals surface area contributed by atoms with Crippen LogP contribution in [0.25, 0.3) is 22.1 Å².